The lowest BCUT2D eigenvalue weighted by Gasteiger charge is -2.32. The molecule has 3 atom stereocenters. The van der Waals surface area contributed by atoms with E-state index in [-0.39, 0.29) is 41.2 Å². The third-order valence-electron chi connectivity index (χ3n) is 7.04. The van der Waals surface area contributed by atoms with Crippen LogP contribution in [0.25, 0.3) is 16.6 Å². The average Bonchev–Trinajstić information content (AvgIpc) is 3.28. The highest BCUT2D eigenvalue weighted by Gasteiger charge is 2.45. The molecule has 2 aliphatic rings. The number of fused-ring (bicyclic) bond motifs is 5. The van der Waals surface area contributed by atoms with E-state index < -0.39 is 18.1 Å². The Balaban J connectivity index is 1.41. The number of aryl methyl sites for hydroxylation is 1. The lowest BCUT2D eigenvalue weighted by Crippen LogP contribution is -2.33. The van der Waals surface area contributed by atoms with Gasteiger partial charge >= 0.3 is 6.29 Å². The average molecular weight is 467 g/mol. The third kappa shape index (κ3) is 3.80. The summed E-state index contributed by atoms with van der Waals surface area (Å²) < 4.78 is 66.3. The largest absolute Gasteiger partial charge is 0.586 e. The molecule has 3 aromatic rings. The topological polar surface area (TPSA) is 87.6 Å². The second-order valence-electron chi connectivity index (χ2n) is 9.17. The van der Waals surface area contributed by atoms with E-state index in [1.54, 1.807) is 13.0 Å². The highest BCUT2D eigenvalue weighted by Crippen LogP contribution is 2.46. The molecule has 5 rings (SSSR count). The molecule has 3 heterocycles. The maximum Gasteiger partial charge on any atom is 0.586 e. The van der Waals surface area contributed by atoms with Crippen molar-refractivity contribution >= 4 is 22.5 Å². The molecular formula is C22H25F4N5O2. The van der Waals surface area contributed by atoms with Crippen LogP contribution in [-0.2, 0) is 6.42 Å². The number of nitrogens with zero attached hydrogens (tertiary/aromatic N) is 4. The molecule has 2 N–H and O–H groups in total. The number of anilines is 1. The van der Waals surface area contributed by atoms with Crippen LogP contribution in [0, 0.1) is 17.8 Å². The Bertz CT molecular complexity index is 1210. The Morgan fingerprint density at radius 3 is 2.76 bits per heavy atom. The maximum absolute atomic E-state index is 14.4. The minimum atomic E-state index is -3.78. The fraction of sp³-hybridized carbons (Fsp3) is 0.591. The number of ether oxygens (including phenoxy) is 2. The molecule has 3 unspecified atom stereocenters. The number of nitrogen functional groups attached to an aromatic ring is 1. The molecule has 1 fully saturated rings. The number of nitrogens with two attached hydrogens (primary N) is 1. The maximum atomic E-state index is 14.4. The number of hydrogen-bond donors (Lipinski definition) is 1. The molecule has 0 radical (unpaired) electrons. The number of hydrogen-bond acceptors (Lipinski definition) is 6. The molecule has 7 nitrogen and oxygen atoms in total. The van der Waals surface area contributed by atoms with E-state index in [0.717, 1.165) is 12.8 Å². The summed E-state index contributed by atoms with van der Waals surface area (Å²) >= 11 is 0. The zero-order valence-electron chi connectivity index (χ0n) is 18.3. The van der Waals surface area contributed by atoms with Crippen LogP contribution in [0.1, 0.15) is 51.8 Å². The normalized spacial score (nSPS) is 24.8. The van der Waals surface area contributed by atoms with Gasteiger partial charge in [-0.3, -0.25) is 0 Å². The molecule has 178 valence electrons. The van der Waals surface area contributed by atoms with Crippen LogP contribution in [0.15, 0.2) is 12.1 Å². The van der Waals surface area contributed by atoms with Gasteiger partial charge in [0.1, 0.15) is 5.52 Å². The summed E-state index contributed by atoms with van der Waals surface area (Å²) in [7, 11) is 0. The zero-order valence-corrected chi connectivity index (χ0v) is 18.3. The third-order valence-corrected chi connectivity index (χ3v) is 7.04. The van der Waals surface area contributed by atoms with Gasteiger partial charge in [-0.05, 0) is 43.2 Å². The van der Waals surface area contributed by atoms with Crippen molar-refractivity contribution in [3.8, 4) is 11.5 Å². The van der Waals surface area contributed by atoms with E-state index in [9.17, 15) is 17.6 Å². The van der Waals surface area contributed by atoms with Crippen LogP contribution >= 0.6 is 0 Å². The summed E-state index contributed by atoms with van der Waals surface area (Å²) in [5.74, 6) is -3.20. The number of alkyl halides is 4. The van der Waals surface area contributed by atoms with Crippen molar-refractivity contribution < 1.29 is 27.0 Å². The smallest absolute Gasteiger partial charge is 0.395 e. The fourth-order valence-electron chi connectivity index (χ4n) is 5.13. The van der Waals surface area contributed by atoms with Gasteiger partial charge in [-0.1, -0.05) is 20.3 Å². The van der Waals surface area contributed by atoms with Gasteiger partial charge in [0.05, 0.1) is 0 Å². The van der Waals surface area contributed by atoms with Gasteiger partial charge < -0.3 is 15.2 Å². The van der Waals surface area contributed by atoms with Crippen LogP contribution in [0.4, 0.5) is 23.5 Å². The summed E-state index contributed by atoms with van der Waals surface area (Å²) in [5, 5.41) is 4.86. The minimum Gasteiger partial charge on any atom is -0.395 e. The van der Waals surface area contributed by atoms with E-state index in [0.29, 0.717) is 36.1 Å². The van der Waals surface area contributed by atoms with Crippen molar-refractivity contribution in [2.24, 2.45) is 17.8 Å². The van der Waals surface area contributed by atoms with Crippen molar-refractivity contribution in [2.45, 2.75) is 64.6 Å². The number of benzene rings is 1. The predicted molar refractivity (Wildman–Crippen MR) is 112 cm³/mol. The van der Waals surface area contributed by atoms with Gasteiger partial charge in [0.2, 0.25) is 5.95 Å². The Hall–Kier alpha value is -2.85. The number of halogens is 4. The van der Waals surface area contributed by atoms with E-state index in [1.807, 2.05) is 6.92 Å². The SMILES string of the molecule is CC(CCc1nc2c3ccc4c(c3nc(N)n2n1)OC(F)(F)O4)C1CCCCC(F)(F)C1C. The van der Waals surface area contributed by atoms with E-state index >= 15 is 0 Å². The van der Waals surface area contributed by atoms with Crippen LogP contribution < -0.4 is 15.2 Å². The Morgan fingerprint density at radius 2 is 1.97 bits per heavy atom. The monoisotopic (exact) mass is 467 g/mol. The first-order chi connectivity index (χ1) is 15.6. The second-order valence-corrected chi connectivity index (χ2v) is 9.17. The van der Waals surface area contributed by atoms with E-state index in [1.165, 1.54) is 10.6 Å². The van der Waals surface area contributed by atoms with Crippen LogP contribution in [0.2, 0.25) is 0 Å². The quantitative estimate of drug-likeness (QED) is 0.419. The number of aromatic nitrogens is 4. The van der Waals surface area contributed by atoms with Gasteiger partial charge in [-0.2, -0.15) is 4.52 Å². The van der Waals surface area contributed by atoms with Gasteiger partial charge in [-0.15, -0.1) is 13.9 Å². The highest BCUT2D eigenvalue weighted by atomic mass is 19.3. The van der Waals surface area contributed by atoms with Crippen molar-refractivity contribution in [1.29, 1.82) is 0 Å². The molecule has 11 heteroatoms. The van der Waals surface area contributed by atoms with Gasteiger partial charge in [0.15, 0.2) is 23.0 Å². The van der Waals surface area contributed by atoms with Gasteiger partial charge in [-0.25, -0.2) is 18.7 Å². The first kappa shape index (κ1) is 22.0. The molecule has 1 aromatic carbocycles. The molecule has 1 aliphatic carbocycles. The van der Waals surface area contributed by atoms with Crippen molar-refractivity contribution in [1.82, 2.24) is 19.6 Å². The lowest BCUT2D eigenvalue weighted by atomic mass is 9.77. The lowest BCUT2D eigenvalue weighted by molar-refractivity contribution is -0.286. The first-order valence-electron chi connectivity index (χ1n) is 11.2. The summed E-state index contributed by atoms with van der Waals surface area (Å²) in [4.78, 5) is 8.72. The van der Waals surface area contributed by atoms with Crippen molar-refractivity contribution in [3.63, 3.8) is 0 Å². The van der Waals surface area contributed by atoms with Gasteiger partial charge in [0.25, 0.3) is 5.92 Å². The summed E-state index contributed by atoms with van der Waals surface area (Å²) in [5.41, 5.74) is 6.48. The molecule has 0 amide bonds. The van der Waals surface area contributed by atoms with Crippen LogP contribution in [0.5, 0.6) is 11.5 Å². The number of rotatable bonds is 4. The summed E-state index contributed by atoms with van der Waals surface area (Å²) in [6.07, 6.45) is -0.554. The van der Waals surface area contributed by atoms with E-state index in [4.69, 9.17) is 5.73 Å². The van der Waals surface area contributed by atoms with Crippen LogP contribution in [0.3, 0.4) is 0 Å². The molecule has 2 aromatic heterocycles. The standard InChI is InChI=1S/C22H25F4N5O2/c1-11(13-5-3-4-10-21(23,24)12(13)2)6-9-16-28-19-14-7-8-15-18(33-22(25,26)32-15)17(14)29-20(27)31(19)30-16/h7-8,11-13H,3-6,9-10H2,1-2H3,(H2,27,29). The molecule has 1 saturated carbocycles. The second kappa shape index (κ2) is 7.59. The molecule has 0 bridgehead atoms. The fourth-order valence-corrected chi connectivity index (χ4v) is 5.13. The van der Waals surface area contributed by atoms with E-state index in [2.05, 4.69) is 24.5 Å². The summed E-state index contributed by atoms with van der Waals surface area (Å²) in [6.45, 7) is 3.66. The Kier molecular flexibility index (Phi) is 5.06. The van der Waals surface area contributed by atoms with Crippen molar-refractivity contribution in [2.75, 3.05) is 5.73 Å². The first-order valence-corrected chi connectivity index (χ1v) is 11.2. The summed E-state index contributed by atoms with van der Waals surface area (Å²) in [6, 6.07) is 2.91. The Labute approximate surface area is 187 Å². The molecule has 1 aliphatic heterocycles. The van der Waals surface area contributed by atoms with Crippen LogP contribution in [-0.4, -0.2) is 31.8 Å². The molecule has 0 saturated heterocycles. The predicted octanol–water partition coefficient (Wildman–Crippen LogP) is 5.21. The molecule has 0 spiro atoms. The molecule has 33 heavy (non-hydrogen) atoms. The van der Waals surface area contributed by atoms with Gasteiger partial charge in [0, 0.05) is 24.1 Å². The van der Waals surface area contributed by atoms with Crippen molar-refractivity contribution in [3.05, 3.63) is 18.0 Å². The minimum absolute atomic E-state index is 0.0338. The highest BCUT2D eigenvalue weighted by molar-refractivity contribution is 5.97. The molecular weight excluding hydrogens is 442 g/mol. The Morgan fingerprint density at radius 1 is 1.18 bits per heavy atom. The zero-order chi connectivity index (χ0) is 23.5.